The minimum absolute atomic E-state index is 0.0612. The van der Waals surface area contributed by atoms with Crippen molar-refractivity contribution in [2.45, 2.75) is 76.2 Å². The molecule has 0 aromatic heterocycles. The molecule has 2 rings (SSSR count). The van der Waals surface area contributed by atoms with Gasteiger partial charge in [-0.2, -0.15) is 0 Å². The molecule has 0 bridgehead atoms. The minimum atomic E-state index is -4.18. The molecule has 1 N–H and O–H groups in total. The first-order chi connectivity index (χ1) is 11.9. The van der Waals surface area contributed by atoms with Gasteiger partial charge in [0, 0.05) is 11.8 Å². The van der Waals surface area contributed by atoms with Crippen LogP contribution in [0.5, 0.6) is 0 Å². The summed E-state index contributed by atoms with van der Waals surface area (Å²) in [6.07, 6.45) is 2.87. The van der Waals surface area contributed by atoms with E-state index < -0.39 is 42.4 Å². The second-order valence-corrected chi connectivity index (χ2v) is 12.2. The van der Waals surface area contributed by atoms with Gasteiger partial charge < -0.3 is 0 Å². The van der Waals surface area contributed by atoms with Crippen LogP contribution in [0.3, 0.4) is 0 Å². The molecule has 2 aliphatic carbocycles. The Balaban J connectivity index is 2.17. The zero-order valence-corrected chi connectivity index (χ0v) is 17.2. The van der Waals surface area contributed by atoms with E-state index in [1.54, 1.807) is 0 Å². The molecule has 2 atom stereocenters. The third-order valence-electron chi connectivity index (χ3n) is 5.89. The third kappa shape index (κ3) is 5.13. The van der Waals surface area contributed by atoms with Gasteiger partial charge >= 0.3 is 0 Å². The van der Waals surface area contributed by atoms with Gasteiger partial charge in [0.1, 0.15) is 11.6 Å². The fraction of sp³-hybridized carbons (Fsp3) is 0.882. The van der Waals surface area contributed by atoms with Crippen molar-refractivity contribution in [3.63, 3.8) is 0 Å². The number of hydrogen-bond acceptors (Lipinski definition) is 6. The maximum absolute atomic E-state index is 12.7. The van der Waals surface area contributed by atoms with E-state index in [1.807, 2.05) is 4.13 Å². The van der Waals surface area contributed by atoms with Crippen molar-refractivity contribution in [2.75, 3.05) is 0 Å². The van der Waals surface area contributed by atoms with Crippen molar-refractivity contribution in [1.82, 2.24) is 4.13 Å². The van der Waals surface area contributed by atoms with Gasteiger partial charge in [-0.1, -0.05) is 6.92 Å². The van der Waals surface area contributed by atoms with E-state index in [1.165, 1.54) is 13.8 Å². The summed E-state index contributed by atoms with van der Waals surface area (Å²) in [5.74, 6) is -0.945. The fourth-order valence-corrected chi connectivity index (χ4v) is 8.27. The van der Waals surface area contributed by atoms with Crippen LogP contribution >= 0.6 is 0 Å². The van der Waals surface area contributed by atoms with E-state index in [9.17, 15) is 26.4 Å². The lowest BCUT2D eigenvalue weighted by molar-refractivity contribution is -0.125. The Kier molecular flexibility index (Phi) is 6.66. The Morgan fingerprint density at radius 3 is 1.58 bits per heavy atom. The molecule has 0 saturated heterocycles. The van der Waals surface area contributed by atoms with Crippen LogP contribution in [0.25, 0.3) is 0 Å². The fourth-order valence-electron chi connectivity index (χ4n) is 4.02. The number of sulfonamides is 2. The number of carbonyl (C=O) groups is 2. The van der Waals surface area contributed by atoms with Gasteiger partial charge in [-0.3, -0.25) is 9.59 Å². The molecule has 0 radical (unpaired) electrons. The Hall–Kier alpha value is -0.800. The lowest BCUT2D eigenvalue weighted by atomic mass is 9.78. The molecule has 2 aliphatic rings. The summed E-state index contributed by atoms with van der Waals surface area (Å²) in [6.45, 7) is 4.81. The topological polar surface area (TPSA) is 114 Å². The summed E-state index contributed by atoms with van der Waals surface area (Å²) in [5, 5.41) is -1.75. The van der Waals surface area contributed by atoms with Crippen molar-refractivity contribution < 1.29 is 26.4 Å². The Morgan fingerprint density at radius 1 is 0.731 bits per heavy atom. The molecule has 0 aliphatic heterocycles. The average molecular weight is 408 g/mol. The molecule has 150 valence electrons. The van der Waals surface area contributed by atoms with E-state index in [0.29, 0.717) is 25.2 Å². The highest BCUT2D eigenvalue weighted by molar-refractivity contribution is 8.05. The second-order valence-electron chi connectivity index (χ2n) is 8.00. The highest BCUT2D eigenvalue weighted by atomic mass is 32.3. The first-order valence-electron chi connectivity index (χ1n) is 9.19. The molecule has 26 heavy (non-hydrogen) atoms. The lowest BCUT2D eigenvalue weighted by Crippen LogP contribution is -2.47. The van der Waals surface area contributed by atoms with Crippen LogP contribution in [-0.4, -0.2) is 38.9 Å². The predicted octanol–water partition coefficient (Wildman–Crippen LogP) is 1.78. The molecule has 9 heteroatoms. The summed E-state index contributed by atoms with van der Waals surface area (Å²) < 4.78 is 52.5. The molecule has 2 fully saturated rings. The molecule has 2 unspecified atom stereocenters. The maximum Gasteiger partial charge on any atom is 0.227 e. The normalized spacial score (nSPS) is 33.6. The number of rotatable bonds is 6. The summed E-state index contributed by atoms with van der Waals surface area (Å²) in [7, 11) is -8.18. The summed E-state index contributed by atoms with van der Waals surface area (Å²) >= 11 is 0. The van der Waals surface area contributed by atoms with Crippen LogP contribution < -0.4 is 4.13 Å². The van der Waals surface area contributed by atoms with Crippen molar-refractivity contribution >= 4 is 31.6 Å². The zero-order chi connectivity index (χ0) is 19.7. The molecule has 0 spiro atoms. The zero-order valence-electron chi connectivity index (χ0n) is 15.6. The molecule has 7 nitrogen and oxygen atoms in total. The van der Waals surface area contributed by atoms with E-state index >= 15 is 0 Å². The monoisotopic (exact) mass is 407 g/mol. The van der Waals surface area contributed by atoms with Gasteiger partial charge in [0.15, 0.2) is 0 Å². The predicted molar refractivity (Wildman–Crippen MR) is 98.4 cm³/mol. The van der Waals surface area contributed by atoms with Crippen LogP contribution in [0.4, 0.5) is 0 Å². The van der Waals surface area contributed by atoms with E-state index in [4.69, 9.17) is 0 Å². The molecular weight excluding hydrogens is 378 g/mol. The molecular formula is C17H29NO6S2. The van der Waals surface area contributed by atoms with Crippen molar-refractivity contribution in [2.24, 2.45) is 17.8 Å². The van der Waals surface area contributed by atoms with Gasteiger partial charge in [-0.05, 0) is 64.7 Å². The molecule has 2 saturated carbocycles. The van der Waals surface area contributed by atoms with Crippen LogP contribution in [0, 0.1) is 17.8 Å². The number of carbonyl (C=O) groups excluding carboxylic acids is 2. The number of nitrogens with one attached hydrogen (secondary N) is 1. The maximum atomic E-state index is 12.7. The van der Waals surface area contributed by atoms with Crippen molar-refractivity contribution in [3.05, 3.63) is 0 Å². The van der Waals surface area contributed by atoms with Gasteiger partial charge in [0.25, 0.3) is 0 Å². The van der Waals surface area contributed by atoms with Crippen LogP contribution in [0.15, 0.2) is 0 Å². The summed E-state index contributed by atoms with van der Waals surface area (Å²) in [6, 6.07) is 0. The highest BCUT2D eigenvalue weighted by Crippen LogP contribution is 2.35. The van der Waals surface area contributed by atoms with Gasteiger partial charge in [-0.25, -0.2) is 16.8 Å². The first kappa shape index (κ1) is 21.5. The SMILES string of the molecule is CC(=O)C1CC(C(C)=O)CC(S(=O)(=O)NS(=O)(=O)C2CCC(C)CC2)C1. The minimum Gasteiger partial charge on any atom is -0.300 e. The van der Waals surface area contributed by atoms with Gasteiger partial charge in [0.2, 0.25) is 20.0 Å². The second kappa shape index (κ2) is 8.06. The summed E-state index contributed by atoms with van der Waals surface area (Å²) in [4.78, 5) is 23.5. The van der Waals surface area contributed by atoms with Crippen LogP contribution in [-0.2, 0) is 29.6 Å². The Labute approximate surface area is 156 Å². The van der Waals surface area contributed by atoms with E-state index in [0.717, 1.165) is 12.8 Å². The largest absolute Gasteiger partial charge is 0.300 e. The average Bonchev–Trinajstić information content (AvgIpc) is 2.53. The lowest BCUT2D eigenvalue weighted by Gasteiger charge is -2.33. The smallest absolute Gasteiger partial charge is 0.227 e. The van der Waals surface area contributed by atoms with Gasteiger partial charge in [0.05, 0.1) is 10.5 Å². The van der Waals surface area contributed by atoms with Gasteiger partial charge in [-0.15, -0.1) is 4.13 Å². The molecule has 0 heterocycles. The molecule has 0 aromatic carbocycles. The number of Topliss-reactive ketones (excluding diaryl/α,β-unsaturated/α-hetero) is 2. The van der Waals surface area contributed by atoms with Crippen molar-refractivity contribution in [1.29, 1.82) is 0 Å². The molecule has 0 amide bonds. The standard InChI is InChI=1S/C17H29NO6S2/c1-11-4-6-16(7-5-11)25(21,22)18-26(23,24)17-9-14(12(2)19)8-15(10-17)13(3)20/h11,14-18H,4-10H2,1-3H3. The Morgan fingerprint density at radius 2 is 1.15 bits per heavy atom. The quantitative estimate of drug-likeness (QED) is 0.718. The molecule has 0 aromatic rings. The number of ketones is 2. The third-order valence-corrected chi connectivity index (χ3v) is 10.4. The summed E-state index contributed by atoms with van der Waals surface area (Å²) in [5.41, 5.74) is 0. The highest BCUT2D eigenvalue weighted by Gasteiger charge is 2.42. The van der Waals surface area contributed by atoms with Crippen molar-refractivity contribution in [3.8, 4) is 0 Å². The van der Waals surface area contributed by atoms with E-state index in [2.05, 4.69) is 6.92 Å². The Bertz CT molecular complexity index is 728. The van der Waals surface area contributed by atoms with Crippen LogP contribution in [0.2, 0.25) is 0 Å². The van der Waals surface area contributed by atoms with Crippen LogP contribution in [0.1, 0.15) is 65.7 Å². The number of hydrogen-bond donors (Lipinski definition) is 1. The van der Waals surface area contributed by atoms with E-state index in [-0.39, 0.29) is 24.4 Å². The first-order valence-corrected chi connectivity index (χ1v) is 12.3.